The minimum Gasteiger partial charge on any atom is -0.376 e. The van der Waals surface area contributed by atoms with Crippen molar-refractivity contribution in [2.45, 2.75) is 31.8 Å². The van der Waals surface area contributed by atoms with E-state index in [1.165, 1.54) is 6.07 Å². The smallest absolute Gasteiger partial charge is 0.376 e. The standard InChI is InChI=1S/C25H21ClF6N2O2/c1-15-7-8-21(22(26)34-15)23(35)33-12-18(17-5-3-2-4-6-17)14-36-13-16-9-19(24(27,28)29)11-20(10-16)25(30,31)32/h2-11,18H,12-14H2,1H3,(H,33,35). The van der Waals surface area contributed by atoms with Gasteiger partial charge in [0.1, 0.15) is 5.15 Å². The van der Waals surface area contributed by atoms with E-state index >= 15 is 0 Å². The Labute approximate surface area is 208 Å². The van der Waals surface area contributed by atoms with Gasteiger partial charge in [-0.15, -0.1) is 0 Å². The fourth-order valence-electron chi connectivity index (χ4n) is 3.43. The quantitative estimate of drug-likeness (QED) is 0.257. The molecule has 0 fully saturated rings. The number of alkyl halides is 6. The monoisotopic (exact) mass is 530 g/mol. The highest BCUT2D eigenvalue weighted by Gasteiger charge is 2.36. The van der Waals surface area contributed by atoms with Crippen molar-refractivity contribution in [1.29, 1.82) is 0 Å². The summed E-state index contributed by atoms with van der Waals surface area (Å²) in [5, 5.41) is 2.76. The van der Waals surface area contributed by atoms with Crippen molar-refractivity contribution in [3.63, 3.8) is 0 Å². The Kier molecular flexibility index (Phi) is 8.63. The second-order valence-corrected chi connectivity index (χ2v) is 8.40. The molecule has 0 spiro atoms. The van der Waals surface area contributed by atoms with Crippen molar-refractivity contribution in [1.82, 2.24) is 10.3 Å². The third kappa shape index (κ3) is 7.44. The number of aryl methyl sites for hydroxylation is 1. The molecule has 1 unspecified atom stereocenters. The molecule has 1 aromatic heterocycles. The van der Waals surface area contributed by atoms with Crippen LogP contribution in [0, 0.1) is 6.92 Å². The zero-order valence-electron chi connectivity index (χ0n) is 18.9. The fraction of sp³-hybridized carbons (Fsp3) is 0.280. The summed E-state index contributed by atoms with van der Waals surface area (Å²) in [4.78, 5) is 16.6. The summed E-state index contributed by atoms with van der Waals surface area (Å²) in [6, 6.07) is 13.3. The van der Waals surface area contributed by atoms with E-state index in [9.17, 15) is 31.1 Å². The first kappa shape index (κ1) is 27.5. The predicted molar refractivity (Wildman–Crippen MR) is 122 cm³/mol. The Morgan fingerprint density at radius 1 is 0.972 bits per heavy atom. The molecule has 0 radical (unpaired) electrons. The van der Waals surface area contributed by atoms with Gasteiger partial charge in [-0.25, -0.2) is 4.98 Å². The SMILES string of the molecule is Cc1ccc(C(=O)NCC(COCc2cc(C(F)(F)F)cc(C(F)(F)F)c2)c2ccccc2)c(Cl)n1. The van der Waals surface area contributed by atoms with Crippen molar-refractivity contribution in [3.8, 4) is 0 Å². The lowest BCUT2D eigenvalue weighted by Crippen LogP contribution is -2.30. The molecule has 0 aliphatic carbocycles. The first-order valence-electron chi connectivity index (χ1n) is 10.7. The number of nitrogens with one attached hydrogen (secondary N) is 1. The Morgan fingerprint density at radius 3 is 2.14 bits per heavy atom. The summed E-state index contributed by atoms with van der Waals surface area (Å²) < 4.78 is 84.2. The summed E-state index contributed by atoms with van der Waals surface area (Å²) >= 11 is 6.04. The van der Waals surface area contributed by atoms with Crippen molar-refractivity contribution >= 4 is 17.5 Å². The van der Waals surface area contributed by atoms with E-state index in [1.807, 2.05) is 0 Å². The lowest BCUT2D eigenvalue weighted by molar-refractivity contribution is -0.143. The number of benzene rings is 2. The minimum atomic E-state index is -4.95. The van der Waals surface area contributed by atoms with Gasteiger partial charge < -0.3 is 10.1 Å². The van der Waals surface area contributed by atoms with Crippen molar-refractivity contribution in [3.05, 3.63) is 99.3 Å². The van der Waals surface area contributed by atoms with Gasteiger partial charge in [0.05, 0.1) is 29.9 Å². The molecular weight excluding hydrogens is 510 g/mol. The molecule has 3 aromatic rings. The Hall–Kier alpha value is -3.11. The second-order valence-electron chi connectivity index (χ2n) is 8.04. The third-order valence-electron chi connectivity index (χ3n) is 5.25. The van der Waals surface area contributed by atoms with Crippen LogP contribution >= 0.6 is 11.6 Å². The number of carbonyl (C=O) groups is 1. The van der Waals surface area contributed by atoms with Gasteiger partial charge in [0.25, 0.3) is 5.91 Å². The number of pyridine rings is 1. The van der Waals surface area contributed by atoms with Gasteiger partial charge in [0, 0.05) is 18.2 Å². The first-order valence-corrected chi connectivity index (χ1v) is 11.0. The van der Waals surface area contributed by atoms with Crippen molar-refractivity contribution in [2.75, 3.05) is 13.2 Å². The molecule has 0 bridgehead atoms. The van der Waals surface area contributed by atoms with Gasteiger partial charge >= 0.3 is 12.4 Å². The van der Waals surface area contributed by atoms with Gasteiger partial charge in [0.2, 0.25) is 0 Å². The second kappa shape index (κ2) is 11.3. The van der Waals surface area contributed by atoms with Gasteiger partial charge in [-0.2, -0.15) is 26.3 Å². The third-order valence-corrected chi connectivity index (χ3v) is 5.54. The summed E-state index contributed by atoms with van der Waals surface area (Å²) in [7, 11) is 0. The Morgan fingerprint density at radius 2 is 1.58 bits per heavy atom. The van der Waals surface area contributed by atoms with E-state index in [4.69, 9.17) is 16.3 Å². The highest BCUT2D eigenvalue weighted by Crippen LogP contribution is 2.36. The summed E-state index contributed by atoms with van der Waals surface area (Å²) in [6.07, 6.45) is -9.89. The van der Waals surface area contributed by atoms with E-state index in [1.54, 1.807) is 43.3 Å². The number of hydrogen-bond donors (Lipinski definition) is 1. The molecule has 0 saturated carbocycles. The van der Waals surface area contributed by atoms with Crippen LogP contribution in [-0.4, -0.2) is 24.0 Å². The molecule has 3 rings (SSSR count). The predicted octanol–water partition coefficient (Wildman–Crippen LogP) is 6.81. The lowest BCUT2D eigenvalue weighted by atomic mass is 10.00. The normalized spacial score (nSPS) is 12.9. The van der Waals surface area contributed by atoms with Crippen LogP contribution in [0.2, 0.25) is 5.15 Å². The largest absolute Gasteiger partial charge is 0.416 e. The molecule has 0 aliphatic rings. The first-order chi connectivity index (χ1) is 16.8. The van der Waals surface area contributed by atoms with Gasteiger partial charge in [-0.05, 0) is 48.4 Å². The van der Waals surface area contributed by atoms with Crippen molar-refractivity contribution in [2.24, 2.45) is 0 Å². The van der Waals surface area contributed by atoms with Crippen LogP contribution in [0.1, 0.15) is 44.2 Å². The average Bonchev–Trinajstić information content (AvgIpc) is 2.80. The molecule has 36 heavy (non-hydrogen) atoms. The van der Waals surface area contributed by atoms with Crippen LogP contribution in [-0.2, 0) is 23.7 Å². The molecule has 1 atom stereocenters. The average molecular weight is 531 g/mol. The number of amides is 1. The maximum Gasteiger partial charge on any atom is 0.416 e. The molecule has 1 heterocycles. The van der Waals surface area contributed by atoms with E-state index in [-0.39, 0.29) is 35.5 Å². The fourth-order valence-corrected chi connectivity index (χ4v) is 3.71. The number of hydrogen-bond acceptors (Lipinski definition) is 3. The minimum absolute atomic E-state index is 0.0324. The zero-order valence-corrected chi connectivity index (χ0v) is 19.6. The van der Waals surface area contributed by atoms with Crippen molar-refractivity contribution < 1.29 is 35.9 Å². The van der Waals surface area contributed by atoms with Crippen LogP contribution in [0.4, 0.5) is 26.3 Å². The number of carbonyl (C=O) groups excluding carboxylic acids is 1. The zero-order chi connectivity index (χ0) is 26.5. The number of rotatable bonds is 8. The van der Waals surface area contributed by atoms with E-state index in [0.29, 0.717) is 17.8 Å². The summed E-state index contributed by atoms with van der Waals surface area (Å²) in [5.41, 5.74) is -1.54. The van der Waals surface area contributed by atoms with Gasteiger partial charge in [0.15, 0.2) is 0 Å². The molecule has 0 saturated heterocycles. The van der Waals surface area contributed by atoms with E-state index in [2.05, 4.69) is 10.3 Å². The van der Waals surface area contributed by atoms with E-state index in [0.717, 1.165) is 5.56 Å². The highest BCUT2D eigenvalue weighted by molar-refractivity contribution is 6.32. The molecule has 1 amide bonds. The lowest BCUT2D eigenvalue weighted by Gasteiger charge is -2.19. The number of halogens is 7. The Bertz CT molecular complexity index is 1170. The maximum atomic E-state index is 13.1. The molecule has 192 valence electrons. The van der Waals surface area contributed by atoms with E-state index < -0.39 is 41.9 Å². The highest BCUT2D eigenvalue weighted by atomic mass is 35.5. The maximum absolute atomic E-state index is 13.1. The topological polar surface area (TPSA) is 51.2 Å². The van der Waals surface area contributed by atoms with Gasteiger partial charge in [-0.3, -0.25) is 4.79 Å². The van der Waals surface area contributed by atoms with Crippen LogP contribution in [0.25, 0.3) is 0 Å². The van der Waals surface area contributed by atoms with Crippen LogP contribution < -0.4 is 5.32 Å². The van der Waals surface area contributed by atoms with Gasteiger partial charge in [-0.1, -0.05) is 41.9 Å². The number of aromatic nitrogens is 1. The molecule has 2 aromatic carbocycles. The number of ether oxygens (including phenoxy) is 1. The summed E-state index contributed by atoms with van der Waals surface area (Å²) in [5.74, 6) is -0.929. The van der Waals surface area contributed by atoms with Crippen LogP contribution in [0.15, 0.2) is 60.7 Å². The number of nitrogens with zero attached hydrogens (tertiary/aromatic N) is 1. The molecule has 0 aliphatic heterocycles. The van der Waals surface area contributed by atoms with Crippen LogP contribution in [0.3, 0.4) is 0 Å². The summed E-state index contributed by atoms with van der Waals surface area (Å²) in [6.45, 7) is 1.22. The molecule has 11 heteroatoms. The molecule has 1 N–H and O–H groups in total. The Balaban J connectivity index is 1.73. The molecule has 4 nitrogen and oxygen atoms in total. The van der Waals surface area contributed by atoms with Crippen LogP contribution in [0.5, 0.6) is 0 Å². The molecular formula is C25H21ClF6N2O2.